The second-order valence-electron chi connectivity index (χ2n) is 8.99. The van der Waals surface area contributed by atoms with Crippen LogP contribution in [0.2, 0.25) is 0 Å². The van der Waals surface area contributed by atoms with Crippen molar-refractivity contribution in [1.29, 1.82) is 0 Å². The van der Waals surface area contributed by atoms with Crippen molar-refractivity contribution < 1.29 is 28.7 Å². The van der Waals surface area contributed by atoms with Crippen LogP contribution in [-0.4, -0.2) is 52.1 Å². The van der Waals surface area contributed by atoms with E-state index in [0.29, 0.717) is 10.9 Å². The summed E-state index contributed by atoms with van der Waals surface area (Å²) in [7, 11) is 1.23. The summed E-state index contributed by atoms with van der Waals surface area (Å²) >= 11 is 1.02. The Kier molecular flexibility index (Phi) is 7.21. The van der Waals surface area contributed by atoms with Gasteiger partial charge in [-0.25, -0.2) is 14.6 Å². The molecule has 1 N–H and O–H groups in total. The normalized spacial score (nSPS) is 12.4. The second-order valence-corrected chi connectivity index (χ2v) is 9.85. The first kappa shape index (κ1) is 25.1. The van der Waals surface area contributed by atoms with Crippen molar-refractivity contribution >= 4 is 46.0 Å². The highest BCUT2D eigenvalue weighted by Crippen LogP contribution is 2.26. The van der Waals surface area contributed by atoms with E-state index < -0.39 is 35.4 Å². The van der Waals surface area contributed by atoms with Gasteiger partial charge in [-0.2, -0.15) is 0 Å². The molecule has 10 heteroatoms. The molecule has 0 spiro atoms. The van der Waals surface area contributed by atoms with E-state index in [0.717, 1.165) is 11.3 Å². The van der Waals surface area contributed by atoms with E-state index in [2.05, 4.69) is 15.0 Å². The molecule has 9 nitrogen and oxygen atoms in total. The maximum absolute atomic E-state index is 13.5. The number of esters is 1. The monoisotopic (exact) mass is 485 g/mol. The minimum Gasteiger partial charge on any atom is -0.464 e. The van der Waals surface area contributed by atoms with Crippen molar-refractivity contribution in [2.75, 3.05) is 7.11 Å². The zero-order valence-electron chi connectivity index (χ0n) is 19.9. The first-order valence-corrected chi connectivity index (χ1v) is 11.5. The smallest absolute Gasteiger partial charge is 0.408 e. The van der Waals surface area contributed by atoms with Gasteiger partial charge in [-0.3, -0.25) is 14.2 Å². The molecule has 0 bridgehead atoms. The third-order valence-corrected chi connectivity index (χ3v) is 5.73. The van der Waals surface area contributed by atoms with Crippen molar-refractivity contribution in [1.82, 2.24) is 14.9 Å². The fourth-order valence-electron chi connectivity index (χ4n) is 3.33. The van der Waals surface area contributed by atoms with Crippen molar-refractivity contribution in [3.05, 3.63) is 52.1 Å². The Labute approximate surface area is 201 Å². The Balaban J connectivity index is 1.99. The molecule has 0 saturated carbocycles. The van der Waals surface area contributed by atoms with Crippen LogP contribution in [-0.2, 0) is 9.47 Å². The molecule has 0 aliphatic heterocycles. The molecule has 1 aromatic carbocycles. The summed E-state index contributed by atoms with van der Waals surface area (Å²) in [6.07, 6.45) is 0.742. The number of amides is 1. The Morgan fingerprint density at radius 1 is 1.12 bits per heavy atom. The van der Waals surface area contributed by atoms with Gasteiger partial charge in [0.2, 0.25) is 5.78 Å². The van der Waals surface area contributed by atoms with Crippen LogP contribution in [0.1, 0.15) is 65.3 Å². The van der Waals surface area contributed by atoms with Crippen molar-refractivity contribution in [3.63, 3.8) is 0 Å². The summed E-state index contributed by atoms with van der Waals surface area (Å²) in [5.41, 5.74) is 0.0920. The lowest BCUT2D eigenvalue weighted by Crippen LogP contribution is -2.48. The van der Waals surface area contributed by atoms with Crippen LogP contribution in [0.4, 0.5) is 4.79 Å². The molecule has 34 heavy (non-hydrogen) atoms. The topological polar surface area (TPSA) is 117 Å². The number of fused-ring (bicyclic) bond motifs is 1. The summed E-state index contributed by atoms with van der Waals surface area (Å²) < 4.78 is 11.3. The first-order chi connectivity index (χ1) is 15.9. The number of alkyl carbamates (subject to hydrolysis) is 1. The van der Waals surface area contributed by atoms with Gasteiger partial charge in [-0.15, -0.1) is 11.3 Å². The Bertz CT molecular complexity index is 1250. The minimum absolute atomic E-state index is 0.0390. The molecule has 3 aromatic rings. The molecule has 2 aromatic heterocycles. The molecule has 0 radical (unpaired) electrons. The number of ketones is 1. The van der Waals surface area contributed by atoms with E-state index in [1.807, 2.05) is 13.8 Å². The average molecular weight is 486 g/mol. The van der Waals surface area contributed by atoms with Gasteiger partial charge in [-0.05, 0) is 32.8 Å². The summed E-state index contributed by atoms with van der Waals surface area (Å²) in [4.78, 5) is 54.9. The van der Waals surface area contributed by atoms with Gasteiger partial charge >= 0.3 is 12.1 Å². The molecule has 1 unspecified atom stereocenters. The Hall–Kier alpha value is -3.53. The van der Waals surface area contributed by atoms with E-state index >= 15 is 0 Å². The van der Waals surface area contributed by atoms with Gasteiger partial charge in [0.25, 0.3) is 5.91 Å². The Morgan fingerprint density at radius 2 is 1.79 bits per heavy atom. The first-order valence-electron chi connectivity index (χ1n) is 10.6. The highest BCUT2D eigenvalue weighted by Gasteiger charge is 2.30. The molecule has 3 rings (SSSR count). The maximum Gasteiger partial charge on any atom is 0.408 e. The van der Waals surface area contributed by atoms with Crippen LogP contribution >= 0.6 is 11.3 Å². The molecule has 180 valence electrons. The number of nitrogens with zero attached hydrogens (tertiary/aromatic N) is 2. The Morgan fingerprint density at radius 3 is 2.41 bits per heavy atom. The van der Waals surface area contributed by atoms with Crippen LogP contribution in [0.5, 0.6) is 0 Å². The number of carbonyl (C=O) groups excluding carboxylic acids is 4. The van der Waals surface area contributed by atoms with Crippen molar-refractivity contribution in [3.8, 4) is 0 Å². The fraction of sp³-hybridized carbons (Fsp3) is 0.375. The molecule has 1 atom stereocenters. The van der Waals surface area contributed by atoms with Crippen molar-refractivity contribution in [2.24, 2.45) is 5.92 Å². The van der Waals surface area contributed by atoms with Crippen LogP contribution in [0, 0.1) is 5.92 Å². The number of ether oxygens (including phenoxy) is 2. The fourth-order valence-corrected chi connectivity index (χ4v) is 4.07. The number of thiazole rings is 1. The number of para-hydroxylation sites is 1. The van der Waals surface area contributed by atoms with Gasteiger partial charge in [0.15, 0.2) is 10.7 Å². The largest absolute Gasteiger partial charge is 0.464 e. The van der Waals surface area contributed by atoms with Gasteiger partial charge in [0, 0.05) is 17.0 Å². The highest BCUT2D eigenvalue weighted by atomic mass is 32.1. The molecule has 0 aliphatic carbocycles. The molecule has 2 heterocycles. The molecule has 0 saturated heterocycles. The van der Waals surface area contributed by atoms with E-state index in [-0.39, 0.29) is 22.2 Å². The van der Waals surface area contributed by atoms with Gasteiger partial charge in [0.1, 0.15) is 11.6 Å². The predicted octanol–water partition coefficient (Wildman–Crippen LogP) is 4.30. The number of hydrogen-bond acceptors (Lipinski definition) is 8. The standard InChI is InChI=1S/C24H27N3O6S/c1-13(2)18(26-23(31)33-24(3,4)5)21(29)27-11-15(14-9-7-8-10-17(14)27)19(28)20-25-16(12-34-20)22(30)32-6/h7-13,18H,1-6H3,(H,26,31). The van der Waals surface area contributed by atoms with Crippen LogP contribution in [0.3, 0.4) is 0 Å². The minimum atomic E-state index is -0.889. The third kappa shape index (κ3) is 5.33. The quantitative estimate of drug-likeness (QED) is 0.408. The number of hydrogen-bond donors (Lipinski definition) is 1. The average Bonchev–Trinajstić information content (AvgIpc) is 3.40. The molecular formula is C24H27N3O6S. The summed E-state index contributed by atoms with van der Waals surface area (Å²) in [6.45, 7) is 8.82. The van der Waals surface area contributed by atoms with E-state index in [1.54, 1.807) is 45.0 Å². The molecule has 1 amide bonds. The molecule has 0 aliphatic rings. The van der Waals surface area contributed by atoms with Crippen molar-refractivity contribution in [2.45, 2.75) is 46.3 Å². The second kappa shape index (κ2) is 9.76. The molecule has 0 fully saturated rings. The summed E-state index contributed by atoms with van der Waals surface area (Å²) in [5.74, 6) is -1.72. The zero-order chi connectivity index (χ0) is 25.2. The number of rotatable bonds is 6. The number of benzene rings is 1. The van der Waals surface area contributed by atoms with E-state index in [1.165, 1.54) is 23.3 Å². The SMILES string of the molecule is COC(=O)c1csc(C(=O)c2cn(C(=O)C(NC(=O)OC(C)(C)C)C(C)C)c3ccccc23)n1. The van der Waals surface area contributed by atoms with E-state index in [9.17, 15) is 19.2 Å². The highest BCUT2D eigenvalue weighted by molar-refractivity contribution is 7.12. The van der Waals surface area contributed by atoms with Gasteiger partial charge in [-0.1, -0.05) is 32.0 Å². The lowest BCUT2D eigenvalue weighted by molar-refractivity contribution is 0.0464. The predicted molar refractivity (Wildman–Crippen MR) is 127 cm³/mol. The van der Waals surface area contributed by atoms with E-state index in [4.69, 9.17) is 4.74 Å². The summed E-state index contributed by atoms with van der Waals surface area (Å²) in [6, 6.07) is 6.07. The molecular weight excluding hydrogens is 458 g/mol. The third-order valence-electron chi connectivity index (χ3n) is 4.89. The number of methoxy groups -OCH3 is 1. The van der Waals surface area contributed by atoms with Gasteiger partial charge < -0.3 is 14.8 Å². The maximum atomic E-state index is 13.5. The lowest BCUT2D eigenvalue weighted by Gasteiger charge is -2.25. The van der Waals surface area contributed by atoms with Crippen LogP contribution in [0.25, 0.3) is 10.9 Å². The number of aromatic nitrogens is 2. The summed E-state index contributed by atoms with van der Waals surface area (Å²) in [5, 5.41) is 4.75. The number of carbonyl (C=O) groups is 4. The van der Waals surface area contributed by atoms with Gasteiger partial charge in [0.05, 0.1) is 18.2 Å². The van der Waals surface area contributed by atoms with Crippen LogP contribution < -0.4 is 5.32 Å². The zero-order valence-corrected chi connectivity index (χ0v) is 20.7. The lowest BCUT2D eigenvalue weighted by atomic mass is 10.0. The number of nitrogens with one attached hydrogen (secondary N) is 1. The van der Waals surface area contributed by atoms with Crippen LogP contribution in [0.15, 0.2) is 35.8 Å².